The van der Waals surface area contributed by atoms with Gasteiger partial charge in [0.25, 0.3) is 0 Å². The molecule has 0 bridgehead atoms. The average Bonchev–Trinajstić information content (AvgIpc) is 3.43. The van der Waals surface area contributed by atoms with E-state index in [2.05, 4.69) is 10.1 Å². The zero-order valence-electron chi connectivity index (χ0n) is 15.5. The highest BCUT2D eigenvalue weighted by Crippen LogP contribution is 2.29. The third kappa shape index (κ3) is 3.22. The number of rotatable bonds is 5. The SMILES string of the molecule is Cn1cc(-n2ccc3nc(Cc4cccnc4)nc(O[C@H]4CCOC4)c32)cn1. The minimum Gasteiger partial charge on any atom is -0.470 e. The molecule has 4 aromatic heterocycles. The van der Waals surface area contributed by atoms with Crippen LogP contribution in [0.3, 0.4) is 0 Å². The molecule has 8 nitrogen and oxygen atoms in total. The summed E-state index contributed by atoms with van der Waals surface area (Å²) in [6, 6.07) is 5.92. The van der Waals surface area contributed by atoms with Crippen LogP contribution in [0, 0.1) is 0 Å². The Balaban J connectivity index is 1.60. The van der Waals surface area contributed by atoms with E-state index in [9.17, 15) is 0 Å². The molecule has 1 aliphatic heterocycles. The molecule has 0 unspecified atom stereocenters. The van der Waals surface area contributed by atoms with Crippen LogP contribution >= 0.6 is 0 Å². The van der Waals surface area contributed by atoms with Crippen molar-refractivity contribution in [2.24, 2.45) is 7.05 Å². The van der Waals surface area contributed by atoms with E-state index < -0.39 is 0 Å². The minimum atomic E-state index is 0.00147. The van der Waals surface area contributed by atoms with Crippen LogP contribution in [-0.2, 0) is 18.2 Å². The molecule has 1 atom stereocenters. The van der Waals surface area contributed by atoms with Crippen LogP contribution in [0.15, 0.2) is 49.2 Å². The number of aryl methyl sites for hydroxylation is 1. The van der Waals surface area contributed by atoms with Crippen LogP contribution < -0.4 is 4.74 Å². The van der Waals surface area contributed by atoms with E-state index in [0.29, 0.717) is 31.3 Å². The lowest BCUT2D eigenvalue weighted by Crippen LogP contribution is -2.18. The van der Waals surface area contributed by atoms with E-state index >= 15 is 0 Å². The van der Waals surface area contributed by atoms with Gasteiger partial charge in [0, 0.05) is 44.7 Å². The lowest BCUT2D eigenvalue weighted by atomic mass is 10.2. The number of fused-ring (bicyclic) bond motifs is 1. The number of pyridine rings is 1. The van der Waals surface area contributed by atoms with Crippen molar-refractivity contribution in [1.29, 1.82) is 0 Å². The minimum absolute atomic E-state index is 0.00147. The molecular formula is C20H20N6O2. The Morgan fingerprint density at radius 1 is 1.25 bits per heavy atom. The smallest absolute Gasteiger partial charge is 0.242 e. The maximum absolute atomic E-state index is 6.25. The summed E-state index contributed by atoms with van der Waals surface area (Å²) in [5.41, 5.74) is 3.68. The van der Waals surface area contributed by atoms with Crippen molar-refractivity contribution in [1.82, 2.24) is 29.3 Å². The largest absolute Gasteiger partial charge is 0.470 e. The molecule has 0 N–H and O–H groups in total. The molecule has 0 aliphatic carbocycles. The summed E-state index contributed by atoms with van der Waals surface area (Å²) < 4.78 is 15.5. The molecule has 0 saturated carbocycles. The molecule has 5 rings (SSSR count). The van der Waals surface area contributed by atoms with Crippen molar-refractivity contribution < 1.29 is 9.47 Å². The predicted octanol–water partition coefficient (Wildman–Crippen LogP) is 2.31. The maximum Gasteiger partial charge on any atom is 0.242 e. The van der Waals surface area contributed by atoms with Crippen LogP contribution in [0.1, 0.15) is 17.8 Å². The molecule has 8 heteroatoms. The zero-order valence-corrected chi connectivity index (χ0v) is 15.5. The Bertz CT molecular complexity index is 1100. The van der Waals surface area contributed by atoms with E-state index in [0.717, 1.165) is 28.7 Å². The first-order valence-electron chi connectivity index (χ1n) is 9.26. The van der Waals surface area contributed by atoms with E-state index in [1.165, 1.54) is 0 Å². The standard InChI is InChI=1S/C20H20N6O2/c1-25-12-15(11-22-25)26-7-4-17-19(26)20(28-16-5-8-27-13-16)24-18(23-17)9-14-3-2-6-21-10-14/h2-4,6-7,10-12,16H,5,8-9,13H2,1H3/t16-/m0/s1. The van der Waals surface area contributed by atoms with Gasteiger partial charge in [-0.1, -0.05) is 6.07 Å². The lowest BCUT2D eigenvalue weighted by molar-refractivity contribution is 0.139. The first kappa shape index (κ1) is 16.9. The van der Waals surface area contributed by atoms with Gasteiger partial charge < -0.3 is 14.0 Å². The Morgan fingerprint density at radius 3 is 2.96 bits per heavy atom. The molecule has 1 aliphatic rings. The van der Waals surface area contributed by atoms with Crippen molar-refractivity contribution >= 4 is 11.0 Å². The number of hydrogen-bond donors (Lipinski definition) is 0. The number of nitrogens with zero attached hydrogens (tertiary/aromatic N) is 6. The van der Waals surface area contributed by atoms with Crippen LogP contribution in [-0.4, -0.2) is 48.6 Å². The molecule has 5 heterocycles. The highest BCUT2D eigenvalue weighted by atomic mass is 16.5. The molecule has 0 amide bonds. The quantitative estimate of drug-likeness (QED) is 0.532. The van der Waals surface area contributed by atoms with Crippen LogP contribution in [0.25, 0.3) is 16.7 Å². The molecule has 1 fully saturated rings. The highest BCUT2D eigenvalue weighted by molar-refractivity contribution is 5.82. The average molecular weight is 376 g/mol. The molecule has 0 spiro atoms. The molecular weight excluding hydrogens is 356 g/mol. The van der Waals surface area contributed by atoms with E-state index in [-0.39, 0.29) is 6.10 Å². The summed E-state index contributed by atoms with van der Waals surface area (Å²) in [4.78, 5) is 13.7. The second kappa shape index (κ2) is 7.05. The summed E-state index contributed by atoms with van der Waals surface area (Å²) in [7, 11) is 1.89. The van der Waals surface area contributed by atoms with Crippen molar-refractivity contribution in [2.45, 2.75) is 18.9 Å². The van der Waals surface area contributed by atoms with E-state index in [4.69, 9.17) is 19.4 Å². The number of aromatic nitrogens is 6. The van der Waals surface area contributed by atoms with Gasteiger partial charge in [0.05, 0.1) is 30.6 Å². The predicted molar refractivity (Wildman–Crippen MR) is 103 cm³/mol. The van der Waals surface area contributed by atoms with Gasteiger partial charge in [0.2, 0.25) is 5.88 Å². The van der Waals surface area contributed by atoms with Crippen molar-refractivity contribution in [3.8, 4) is 11.6 Å². The Morgan fingerprint density at radius 2 is 2.21 bits per heavy atom. The van der Waals surface area contributed by atoms with Crippen molar-refractivity contribution in [3.63, 3.8) is 0 Å². The first-order valence-corrected chi connectivity index (χ1v) is 9.26. The summed E-state index contributed by atoms with van der Waals surface area (Å²) in [5.74, 6) is 1.28. The number of hydrogen-bond acceptors (Lipinski definition) is 6. The molecule has 142 valence electrons. The van der Waals surface area contributed by atoms with Gasteiger partial charge in [-0.05, 0) is 17.7 Å². The molecule has 4 aromatic rings. The fourth-order valence-corrected chi connectivity index (χ4v) is 3.42. The zero-order chi connectivity index (χ0) is 18.9. The van der Waals surface area contributed by atoms with Gasteiger partial charge in [0.1, 0.15) is 17.4 Å². The molecule has 0 radical (unpaired) electrons. The second-order valence-electron chi connectivity index (χ2n) is 6.88. The normalized spacial score (nSPS) is 16.7. The summed E-state index contributed by atoms with van der Waals surface area (Å²) in [6.45, 7) is 1.29. The van der Waals surface area contributed by atoms with Crippen LogP contribution in [0.5, 0.6) is 5.88 Å². The molecule has 1 saturated heterocycles. The molecule has 0 aromatic carbocycles. The first-order chi connectivity index (χ1) is 13.8. The van der Waals surface area contributed by atoms with Gasteiger partial charge in [-0.3, -0.25) is 9.67 Å². The fraction of sp³-hybridized carbons (Fsp3) is 0.300. The topological polar surface area (TPSA) is 79.9 Å². The van der Waals surface area contributed by atoms with Gasteiger partial charge in [-0.2, -0.15) is 10.1 Å². The number of ether oxygens (including phenoxy) is 2. The van der Waals surface area contributed by atoms with Gasteiger partial charge in [0.15, 0.2) is 0 Å². The van der Waals surface area contributed by atoms with Gasteiger partial charge >= 0.3 is 0 Å². The van der Waals surface area contributed by atoms with Gasteiger partial charge in [-0.15, -0.1) is 0 Å². The Labute approximate surface area is 161 Å². The Kier molecular flexibility index (Phi) is 4.25. The lowest BCUT2D eigenvalue weighted by Gasteiger charge is -2.14. The maximum atomic E-state index is 6.25. The van der Waals surface area contributed by atoms with Crippen LogP contribution in [0.4, 0.5) is 0 Å². The highest BCUT2D eigenvalue weighted by Gasteiger charge is 2.22. The van der Waals surface area contributed by atoms with E-state index in [1.54, 1.807) is 10.9 Å². The summed E-state index contributed by atoms with van der Waals surface area (Å²) in [5, 5.41) is 4.27. The summed E-state index contributed by atoms with van der Waals surface area (Å²) in [6.07, 6.45) is 10.8. The van der Waals surface area contributed by atoms with E-state index in [1.807, 2.05) is 54.6 Å². The van der Waals surface area contributed by atoms with Gasteiger partial charge in [-0.25, -0.2) is 4.98 Å². The monoisotopic (exact) mass is 376 g/mol. The van der Waals surface area contributed by atoms with Crippen LogP contribution in [0.2, 0.25) is 0 Å². The second-order valence-corrected chi connectivity index (χ2v) is 6.88. The fourth-order valence-electron chi connectivity index (χ4n) is 3.42. The summed E-state index contributed by atoms with van der Waals surface area (Å²) >= 11 is 0. The Hall–Kier alpha value is -3.26. The molecule has 28 heavy (non-hydrogen) atoms. The third-order valence-electron chi connectivity index (χ3n) is 4.77. The third-order valence-corrected chi connectivity index (χ3v) is 4.77. The van der Waals surface area contributed by atoms with Crippen molar-refractivity contribution in [2.75, 3.05) is 13.2 Å². The van der Waals surface area contributed by atoms with Crippen molar-refractivity contribution in [3.05, 3.63) is 60.6 Å².